The van der Waals surface area contributed by atoms with Crippen molar-refractivity contribution in [3.63, 3.8) is 0 Å². The number of halogens is 1. The van der Waals surface area contributed by atoms with Crippen LogP contribution >= 0.6 is 0 Å². The van der Waals surface area contributed by atoms with Crippen LogP contribution in [-0.4, -0.2) is 11.5 Å². The highest BCUT2D eigenvalue weighted by molar-refractivity contribution is 5.31. The molecule has 0 unspecified atom stereocenters. The van der Waals surface area contributed by atoms with Crippen molar-refractivity contribution >= 4 is 0 Å². The standard InChI is InChI=1S/C16H19FN2O/c1-3-8-18-11-13-9-12(2)19-16(10-13)20-15-7-5-4-6-14(15)17/h4-7,9-10,18H,3,8,11H2,1-2H3. The van der Waals surface area contributed by atoms with E-state index in [1.165, 1.54) is 6.07 Å². The van der Waals surface area contributed by atoms with Crippen molar-refractivity contribution in [3.8, 4) is 11.6 Å². The lowest BCUT2D eigenvalue weighted by molar-refractivity contribution is 0.425. The van der Waals surface area contributed by atoms with Crippen LogP contribution in [0, 0.1) is 12.7 Å². The van der Waals surface area contributed by atoms with Gasteiger partial charge < -0.3 is 10.1 Å². The summed E-state index contributed by atoms with van der Waals surface area (Å²) in [7, 11) is 0. The first kappa shape index (κ1) is 14.5. The fourth-order valence-electron chi connectivity index (χ4n) is 1.91. The van der Waals surface area contributed by atoms with Crippen molar-refractivity contribution in [3.05, 3.63) is 53.5 Å². The van der Waals surface area contributed by atoms with Gasteiger partial charge in [0.15, 0.2) is 11.6 Å². The first-order valence-corrected chi connectivity index (χ1v) is 6.79. The van der Waals surface area contributed by atoms with Crippen LogP contribution in [0.5, 0.6) is 11.6 Å². The molecule has 1 aromatic heterocycles. The minimum atomic E-state index is -0.388. The quantitative estimate of drug-likeness (QED) is 0.813. The maximum atomic E-state index is 13.6. The zero-order valence-electron chi connectivity index (χ0n) is 11.8. The zero-order valence-corrected chi connectivity index (χ0v) is 11.8. The normalized spacial score (nSPS) is 10.6. The molecule has 3 nitrogen and oxygen atoms in total. The molecule has 2 rings (SSSR count). The molecule has 1 heterocycles. The first-order valence-electron chi connectivity index (χ1n) is 6.79. The second kappa shape index (κ2) is 7.01. The third-order valence-electron chi connectivity index (χ3n) is 2.80. The molecule has 0 saturated heterocycles. The third-order valence-corrected chi connectivity index (χ3v) is 2.80. The largest absolute Gasteiger partial charge is 0.436 e. The molecule has 1 aromatic carbocycles. The highest BCUT2D eigenvalue weighted by Crippen LogP contribution is 2.23. The topological polar surface area (TPSA) is 34.2 Å². The van der Waals surface area contributed by atoms with Gasteiger partial charge in [0, 0.05) is 18.3 Å². The number of nitrogens with zero attached hydrogens (tertiary/aromatic N) is 1. The van der Waals surface area contributed by atoms with Crippen LogP contribution < -0.4 is 10.1 Å². The van der Waals surface area contributed by atoms with E-state index < -0.39 is 0 Å². The van der Waals surface area contributed by atoms with Crippen LogP contribution in [0.25, 0.3) is 0 Å². The van der Waals surface area contributed by atoms with Crippen molar-refractivity contribution in [1.82, 2.24) is 10.3 Å². The Balaban J connectivity index is 2.13. The van der Waals surface area contributed by atoms with Crippen LogP contribution in [0.2, 0.25) is 0 Å². The van der Waals surface area contributed by atoms with Gasteiger partial charge in [-0.2, -0.15) is 0 Å². The Kier molecular flexibility index (Phi) is 5.07. The van der Waals surface area contributed by atoms with Crippen LogP contribution in [0.15, 0.2) is 36.4 Å². The van der Waals surface area contributed by atoms with Gasteiger partial charge >= 0.3 is 0 Å². The Morgan fingerprint density at radius 2 is 2.05 bits per heavy atom. The van der Waals surface area contributed by atoms with Crippen molar-refractivity contribution < 1.29 is 9.13 Å². The summed E-state index contributed by atoms with van der Waals surface area (Å²) in [6.07, 6.45) is 1.09. The monoisotopic (exact) mass is 274 g/mol. The van der Waals surface area contributed by atoms with Crippen molar-refractivity contribution in [2.24, 2.45) is 0 Å². The molecule has 0 aliphatic carbocycles. The van der Waals surface area contributed by atoms with Crippen molar-refractivity contribution in [2.45, 2.75) is 26.8 Å². The molecule has 0 atom stereocenters. The summed E-state index contributed by atoms with van der Waals surface area (Å²) >= 11 is 0. The van der Waals surface area contributed by atoms with E-state index in [-0.39, 0.29) is 11.6 Å². The average molecular weight is 274 g/mol. The number of hydrogen-bond donors (Lipinski definition) is 1. The average Bonchev–Trinajstić information content (AvgIpc) is 2.41. The molecule has 0 bridgehead atoms. The summed E-state index contributed by atoms with van der Waals surface area (Å²) in [4.78, 5) is 4.28. The molecule has 4 heteroatoms. The van der Waals surface area contributed by atoms with Crippen LogP contribution in [0.4, 0.5) is 4.39 Å². The van der Waals surface area contributed by atoms with E-state index in [1.54, 1.807) is 18.2 Å². The summed E-state index contributed by atoms with van der Waals surface area (Å²) in [5.74, 6) is 0.225. The molecule has 106 valence electrons. The molecule has 0 fully saturated rings. The maximum Gasteiger partial charge on any atom is 0.219 e. The van der Waals surface area contributed by atoms with E-state index in [1.807, 2.05) is 19.1 Å². The summed E-state index contributed by atoms with van der Waals surface area (Å²) in [6, 6.07) is 10.2. The molecule has 0 amide bonds. The minimum absolute atomic E-state index is 0.193. The van der Waals surface area contributed by atoms with E-state index in [0.29, 0.717) is 5.88 Å². The lowest BCUT2D eigenvalue weighted by Crippen LogP contribution is -2.14. The van der Waals surface area contributed by atoms with Gasteiger partial charge in [-0.05, 0) is 43.7 Å². The summed E-state index contributed by atoms with van der Waals surface area (Å²) in [5.41, 5.74) is 1.93. The molecule has 0 aliphatic heterocycles. The fraction of sp³-hybridized carbons (Fsp3) is 0.312. The Morgan fingerprint density at radius 3 is 2.80 bits per heavy atom. The number of aryl methyl sites for hydroxylation is 1. The second-order valence-electron chi connectivity index (χ2n) is 4.66. The van der Waals surface area contributed by atoms with Gasteiger partial charge in [-0.25, -0.2) is 9.37 Å². The number of benzene rings is 1. The molecule has 2 aromatic rings. The van der Waals surface area contributed by atoms with E-state index in [0.717, 1.165) is 30.8 Å². The zero-order chi connectivity index (χ0) is 14.4. The molecular weight excluding hydrogens is 255 g/mol. The molecule has 1 N–H and O–H groups in total. The van der Waals surface area contributed by atoms with Gasteiger partial charge in [0.2, 0.25) is 5.88 Å². The highest BCUT2D eigenvalue weighted by atomic mass is 19.1. The third kappa shape index (κ3) is 4.03. The summed E-state index contributed by atoms with van der Waals surface area (Å²) in [5, 5.41) is 3.32. The highest BCUT2D eigenvalue weighted by Gasteiger charge is 2.06. The van der Waals surface area contributed by atoms with Crippen LogP contribution in [-0.2, 0) is 6.54 Å². The summed E-state index contributed by atoms with van der Waals surface area (Å²) < 4.78 is 19.1. The van der Waals surface area contributed by atoms with Gasteiger partial charge in [-0.1, -0.05) is 19.1 Å². The lowest BCUT2D eigenvalue weighted by atomic mass is 10.2. The van der Waals surface area contributed by atoms with Gasteiger partial charge in [0.05, 0.1) is 0 Å². The van der Waals surface area contributed by atoms with Crippen LogP contribution in [0.1, 0.15) is 24.6 Å². The number of rotatable bonds is 6. The Labute approximate surface area is 118 Å². The lowest BCUT2D eigenvalue weighted by Gasteiger charge is -2.09. The number of hydrogen-bond acceptors (Lipinski definition) is 3. The Bertz CT molecular complexity index is 572. The van der Waals surface area contributed by atoms with E-state index in [9.17, 15) is 4.39 Å². The Morgan fingerprint density at radius 1 is 1.25 bits per heavy atom. The van der Waals surface area contributed by atoms with Gasteiger partial charge in [0.25, 0.3) is 0 Å². The van der Waals surface area contributed by atoms with E-state index in [4.69, 9.17) is 4.74 Å². The molecule has 0 saturated carbocycles. The number of nitrogens with one attached hydrogen (secondary N) is 1. The van der Waals surface area contributed by atoms with E-state index in [2.05, 4.69) is 17.2 Å². The molecule has 0 radical (unpaired) electrons. The van der Waals surface area contributed by atoms with Crippen LogP contribution in [0.3, 0.4) is 0 Å². The smallest absolute Gasteiger partial charge is 0.219 e. The Hall–Kier alpha value is -1.94. The van der Waals surface area contributed by atoms with Gasteiger partial charge in [-0.3, -0.25) is 0 Å². The molecule has 0 aliphatic rings. The number of ether oxygens (including phenoxy) is 1. The second-order valence-corrected chi connectivity index (χ2v) is 4.66. The SMILES string of the molecule is CCCNCc1cc(C)nc(Oc2ccccc2F)c1. The van der Waals surface area contributed by atoms with Crippen molar-refractivity contribution in [2.75, 3.05) is 6.54 Å². The maximum absolute atomic E-state index is 13.6. The van der Waals surface area contributed by atoms with Gasteiger partial charge in [-0.15, -0.1) is 0 Å². The molecule has 20 heavy (non-hydrogen) atoms. The molecular formula is C16H19FN2O. The van der Waals surface area contributed by atoms with Crippen molar-refractivity contribution in [1.29, 1.82) is 0 Å². The number of para-hydroxylation sites is 1. The summed E-state index contributed by atoms with van der Waals surface area (Å²) in [6.45, 7) is 5.74. The fourth-order valence-corrected chi connectivity index (χ4v) is 1.91. The predicted molar refractivity (Wildman–Crippen MR) is 77.4 cm³/mol. The number of aromatic nitrogens is 1. The number of pyridine rings is 1. The first-order chi connectivity index (χ1) is 9.69. The van der Waals surface area contributed by atoms with Gasteiger partial charge in [0.1, 0.15) is 0 Å². The minimum Gasteiger partial charge on any atom is -0.436 e. The van der Waals surface area contributed by atoms with E-state index >= 15 is 0 Å². The molecule has 0 spiro atoms. The predicted octanol–water partition coefficient (Wildman–Crippen LogP) is 3.82.